The first-order valence-electron chi connectivity index (χ1n) is 6.35. The van der Waals surface area contributed by atoms with Gasteiger partial charge in [0.05, 0.1) is 11.1 Å². The number of aryl methyl sites for hydroxylation is 3. The smallest absolute Gasteiger partial charge is 0.240 e. The second-order valence-corrected chi connectivity index (χ2v) is 6.72. The molecule has 6 heteroatoms. The molecule has 0 aliphatic heterocycles. The Morgan fingerprint density at radius 2 is 1.90 bits per heavy atom. The number of hydrogen-bond acceptors (Lipinski definition) is 3. The zero-order valence-electron chi connectivity index (χ0n) is 12.1. The molecule has 2 aromatic rings. The maximum atomic E-state index is 12.2. The van der Waals surface area contributed by atoms with Gasteiger partial charge >= 0.3 is 0 Å². The molecule has 0 fully saturated rings. The van der Waals surface area contributed by atoms with E-state index in [0.717, 1.165) is 22.4 Å². The van der Waals surface area contributed by atoms with Crippen molar-refractivity contribution in [1.82, 2.24) is 14.5 Å². The van der Waals surface area contributed by atoms with Crippen LogP contribution in [0, 0.1) is 20.8 Å². The number of nitrogens with zero attached hydrogens (tertiary/aromatic N) is 2. The molecule has 0 saturated heterocycles. The minimum Gasteiger partial charge on any atom is -0.273 e. The summed E-state index contributed by atoms with van der Waals surface area (Å²) in [6.45, 7) is 6.01. The summed E-state index contributed by atoms with van der Waals surface area (Å²) < 4.78 is 28.8. The monoisotopic (exact) mass is 293 g/mol. The van der Waals surface area contributed by atoms with Crippen molar-refractivity contribution >= 4 is 10.0 Å². The summed E-state index contributed by atoms with van der Waals surface area (Å²) in [5.41, 5.74) is 3.87. The van der Waals surface area contributed by atoms with Gasteiger partial charge in [-0.1, -0.05) is 6.07 Å². The van der Waals surface area contributed by atoms with Crippen LogP contribution in [0.15, 0.2) is 29.3 Å². The molecule has 0 spiro atoms. The molecule has 1 N–H and O–H groups in total. The van der Waals surface area contributed by atoms with E-state index in [2.05, 4.69) is 9.82 Å². The number of aromatic nitrogens is 2. The topological polar surface area (TPSA) is 64.0 Å². The van der Waals surface area contributed by atoms with E-state index in [1.54, 1.807) is 23.0 Å². The van der Waals surface area contributed by atoms with Crippen molar-refractivity contribution < 1.29 is 8.42 Å². The van der Waals surface area contributed by atoms with Gasteiger partial charge in [0, 0.05) is 24.8 Å². The summed E-state index contributed by atoms with van der Waals surface area (Å²) in [6, 6.07) is 5.13. The molecular weight excluding hydrogens is 274 g/mol. The number of hydrogen-bond donors (Lipinski definition) is 1. The lowest BCUT2D eigenvalue weighted by Gasteiger charge is -2.08. The fourth-order valence-corrected chi connectivity index (χ4v) is 2.95. The normalized spacial score (nSPS) is 11.8. The fraction of sp³-hybridized carbons (Fsp3) is 0.357. The van der Waals surface area contributed by atoms with Gasteiger partial charge in [-0.25, -0.2) is 13.1 Å². The Balaban J connectivity index is 2.19. The van der Waals surface area contributed by atoms with Gasteiger partial charge in [-0.15, -0.1) is 0 Å². The predicted molar refractivity (Wildman–Crippen MR) is 77.9 cm³/mol. The van der Waals surface area contributed by atoms with E-state index in [-0.39, 0.29) is 6.54 Å². The summed E-state index contributed by atoms with van der Waals surface area (Å²) in [5, 5.41) is 4.10. The van der Waals surface area contributed by atoms with Gasteiger partial charge in [-0.05, 0) is 44.0 Å². The lowest BCUT2D eigenvalue weighted by Crippen LogP contribution is -2.23. The Morgan fingerprint density at radius 1 is 1.20 bits per heavy atom. The van der Waals surface area contributed by atoms with Gasteiger partial charge in [-0.2, -0.15) is 5.10 Å². The number of nitrogens with one attached hydrogen (secondary N) is 1. The van der Waals surface area contributed by atoms with Crippen molar-refractivity contribution in [1.29, 1.82) is 0 Å². The third kappa shape index (κ3) is 2.91. The van der Waals surface area contributed by atoms with Crippen LogP contribution >= 0.6 is 0 Å². The highest BCUT2D eigenvalue weighted by Crippen LogP contribution is 2.15. The molecule has 2 rings (SSSR count). The van der Waals surface area contributed by atoms with Gasteiger partial charge in [0.2, 0.25) is 10.0 Å². The van der Waals surface area contributed by atoms with Crippen LogP contribution in [-0.4, -0.2) is 18.2 Å². The zero-order chi connectivity index (χ0) is 14.9. The molecule has 0 aliphatic rings. The summed E-state index contributed by atoms with van der Waals surface area (Å²) in [4.78, 5) is 0.294. The first-order chi connectivity index (χ1) is 9.31. The summed E-state index contributed by atoms with van der Waals surface area (Å²) in [5.74, 6) is 0. The Bertz CT molecular complexity index is 733. The highest BCUT2D eigenvalue weighted by atomic mass is 32.2. The molecule has 1 aromatic heterocycles. The third-order valence-corrected chi connectivity index (χ3v) is 4.98. The second-order valence-electron chi connectivity index (χ2n) is 4.95. The first kappa shape index (κ1) is 14.7. The maximum absolute atomic E-state index is 12.2. The second kappa shape index (κ2) is 5.38. The van der Waals surface area contributed by atoms with Crippen LogP contribution in [0.1, 0.15) is 22.4 Å². The van der Waals surface area contributed by atoms with Crippen LogP contribution in [0.25, 0.3) is 0 Å². The zero-order valence-corrected chi connectivity index (χ0v) is 13.0. The maximum Gasteiger partial charge on any atom is 0.240 e. The van der Waals surface area contributed by atoms with E-state index in [1.165, 1.54) is 0 Å². The molecule has 5 nitrogen and oxygen atoms in total. The van der Waals surface area contributed by atoms with Gasteiger partial charge < -0.3 is 0 Å². The number of benzene rings is 1. The van der Waals surface area contributed by atoms with E-state index >= 15 is 0 Å². The molecule has 1 heterocycles. The van der Waals surface area contributed by atoms with E-state index in [1.807, 2.05) is 33.9 Å². The Hall–Kier alpha value is -1.66. The van der Waals surface area contributed by atoms with Crippen LogP contribution < -0.4 is 4.72 Å². The van der Waals surface area contributed by atoms with E-state index in [4.69, 9.17) is 0 Å². The largest absolute Gasteiger partial charge is 0.273 e. The lowest BCUT2D eigenvalue weighted by molar-refractivity contribution is 0.581. The highest BCUT2D eigenvalue weighted by Gasteiger charge is 2.15. The minimum absolute atomic E-state index is 0.245. The average molecular weight is 293 g/mol. The molecule has 108 valence electrons. The molecule has 0 bridgehead atoms. The van der Waals surface area contributed by atoms with Crippen molar-refractivity contribution in [2.45, 2.75) is 32.2 Å². The van der Waals surface area contributed by atoms with Crippen LogP contribution in [0.4, 0.5) is 0 Å². The number of rotatable bonds is 4. The van der Waals surface area contributed by atoms with Crippen LogP contribution in [0.2, 0.25) is 0 Å². The van der Waals surface area contributed by atoms with E-state index < -0.39 is 10.0 Å². The number of sulfonamides is 1. The summed E-state index contributed by atoms with van der Waals surface area (Å²) in [6.07, 6.45) is 1.68. The molecule has 0 radical (unpaired) electrons. The van der Waals surface area contributed by atoms with Crippen molar-refractivity contribution in [3.63, 3.8) is 0 Å². The molecule has 0 atom stereocenters. The minimum atomic E-state index is -3.49. The molecule has 0 aliphatic carbocycles. The Labute approximate surface area is 119 Å². The molecule has 0 amide bonds. The molecular formula is C14H19N3O2S. The molecule has 20 heavy (non-hydrogen) atoms. The van der Waals surface area contributed by atoms with Crippen molar-refractivity contribution in [2.75, 3.05) is 0 Å². The summed E-state index contributed by atoms with van der Waals surface area (Å²) in [7, 11) is -1.66. The van der Waals surface area contributed by atoms with Crippen molar-refractivity contribution in [3.05, 3.63) is 46.8 Å². The molecule has 0 unspecified atom stereocenters. The Morgan fingerprint density at radius 3 is 2.45 bits per heavy atom. The standard InChI is InChI=1S/C14H19N3O2S/c1-10-5-6-14(7-11(10)2)20(18,19)16-9-13-8-15-17(4)12(13)3/h5-8,16H,9H2,1-4H3. The van der Waals surface area contributed by atoms with E-state index in [0.29, 0.717) is 4.90 Å². The van der Waals surface area contributed by atoms with Gasteiger partial charge in [-0.3, -0.25) is 4.68 Å². The van der Waals surface area contributed by atoms with Crippen LogP contribution in [0.3, 0.4) is 0 Å². The van der Waals surface area contributed by atoms with Crippen LogP contribution in [0.5, 0.6) is 0 Å². The predicted octanol–water partition coefficient (Wildman–Crippen LogP) is 1.82. The summed E-state index contributed by atoms with van der Waals surface area (Å²) >= 11 is 0. The quantitative estimate of drug-likeness (QED) is 0.935. The Kier molecular flexibility index (Phi) is 3.96. The SMILES string of the molecule is Cc1ccc(S(=O)(=O)NCc2cnn(C)c2C)cc1C. The third-order valence-electron chi connectivity index (χ3n) is 3.58. The highest BCUT2D eigenvalue weighted by molar-refractivity contribution is 7.89. The van der Waals surface area contributed by atoms with Gasteiger partial charge in [0.25, 0.3) is 0 Å². The van der Waals surface area contributed by atoms with Crippen LogP contribution in [-0.2, 0) is 23.6 Å². The average Bonchev–Trinajstić information content (AvgIpc) is 2.71. The lowest BCUT2D eigenvalue weighted by atomic mass is 10.1. The van der Waals surface area contributed by atoms with Crippen molar-refractivity contribution in [3.8, 4) is 0 Å². The van der Waals surface area contributed by atoms with Crippen molar-refractivity contribution in [2.24, 2.45) is 7.05 Å². The molecule has 1 aromatic carbocycles. The molecule has 0 saturated carbocycles. The van der Waals surface area contributed by atoms with E-state index in [9.17, 15) is 8.42 Å². The fourth-order valence-electron chi connectivity index (χ4n) is 1.85. The van der Waals surface area contributed by atoms with Gasteiger partial charge in [0.1, 0.15) is 0 Å². The van der Waals surface area contributed by atoms with Gasteiger partial charge in [0.15, 0.2) is 0 Å². The first-order valence-corrected chi connectivity index (χ1v) is 7.84.